The minimum atomic E-state index is 0.301. The zero-order valence-corrected chi connectivity index (χ0v) is 13.4. The molecular weight excluding hydrogens is 294 g/mol. The number of nitrogens with one attached hydrogen (secondary N) is 1. The fourth-order valence-corrected chi connectivity index (χ4v) is 4.63. The van der Waals surface area contributed by atoms with Crippen LogP contribution < -0.4 is 5.32 Å². The molecule has 3 rings (SSSR count). The van der Waals surface area contributed by atoms with Crippen LogP contribution in [-0.4, -0.2) is 6.54 Å². The molecule has 0 aromatic carbocycles. The number of halogens is 1. The van der Waals surface area contributed by atoms with Gasteiger partial charge >= 0.3 is 0 Å². The van der Waals surface area contributed by atoms with Crippen LogP contribution >= 0.6 is 34.3 Å². The largest absolute Gasteiger partial charge is 0.304 e. The van der Waals surface area contributed by atoms with Crippen LogP contribution in [0.15, 0.2) is 29.6 Å². The lowest BCUT2D eigenvalue weighted by molar-refractivity contribution is 0.153. The van der Waals surface area contributed by atoms with Crippen molar-refractivity contribution in [3.05, 3.63) is 43.7 Å². The Kier molecular flexibility index (Phi) is 3.99. The standard InChI is InChI=1S/C15H18ClNS2/c1-15(7-3-8-15)10-17-14(11-4-2-9-18-11)12-5-6-13(16)19-12/h2,4-6,9,14,17H,3,7-8,10H2,1H3. The third kappa shape index (κ3) is 3.05. The summed E-state index contributed by atoms with van der Waals surface area (Å²) in [6.07, 6.45) is 4.08. The molecule has 1 unspecified atom stereocenters. The summed E-state index contributed by atoms with van der Waals surface area (Å²) in [5, 5.41) is 5.90. The van der Waals surface area contributed by atoms with E-state index in [-0.39, 0.29) is 0 Å². The first kappa shape index (κ1) is 13.6. The van der Waals surface area contributed by atoms with Crippen LogP contribution in [0.2, 0.25) is 4.34 Å². The van der Waals surface area contributed by atoms with Gasteiger partial charge in [-0.2, -0.15) is 0 Å². The summed E-state index contributed by atoms with van der Waals surface area (Å²) >= 11 is 9.58. The summed E-state index contributed by atoms with van der Waals surface area (Å²) in [6.45, 7) is 3.47. The molecule has 1 saturated carbocycles. The molecule has 19 heavy (non-hydrogen) atoms. The van der Waals surface area contributed by atoms with E-state index in [9.17, 15) is 0 Å². The van der Waals surface area contributed by atoms with Gasteiger partial charge < -0.3 is 5.32 Å². The maximum absolute atomic E-state index is 6.09. The highest BCUT2D eigenvalue weighted by atomic mass is 35.5. The second kappa shape index (κ2) is 5.57. The van der Waals surface area contributed by atoms with Crippen molar-refractivity contribution in [1.82, 2.24) is 5.32 Å². The molecule has 2 aromatic rings. The number of hydrogen-bond acceptors (Lipinski definition) is 3. The van der Waals surface area contributed by atoms with Crippen LogP contribution in [0.1, 0.15) is 42.0 Å². The summed E-state index contributed by atoms with van der Waals surface area (Å²) < 4.78 is 0.869. The van der Waals surface area contributed by atoms with E-state index < -0.39 is 0 Å². The lowest BCUT2D eigenvalue weighted by atomic mass is 9.70. The van der Waals surface area contributed by atoms with Crippen molar-refractivity contribution in [3.8, 4) is 0 Å². The number of hydrogen-bond donors (Lipinski definition) is 1. The van der Waals surface area contributed by atoms with Crippen molar-refractivity contribution in [2.45, 2.75) is 32.2 Å². The second-order valence-corrected chi connectivity index (χ2v) is 8.36. The molecule has 0 saturated heterocycles. The van der Waals surface area contributed by atoms with Gasteiger partial charge in [0, 0.05) is 16.3 Å². The van der Waals surface area contributed by atoms with E-state index in [1.165, 1.54) is 29.0 Å². The van der Waals surface area contributed by atoms with Gasteiger partial charge in [0.25, 0.3) is 0 Å². The van der Waals surface area contributed by atoms with E-state index in [1.54, 1.807) is 11.3 Å². The lowest BCUT2D eigenvalue weighted by Crippen LogP contribution is -2.38. The van der Waals surface area contributed by atoms with Crippen LogP contribution in [0.5, 0.6) is 0 Å². The zero-order chi connectivity index (χ0) is 13.3. The van der Waals surface area contributed by atoms with E-state index in [0.29, 0.717) is 11.5 Å². The Bertz CT molecular complexity index is 528. The van der Waals surface area contributed by atoms with Crippen molar-refractivity contribution < 1.29 is 0 Å². The first-order valence-corrected chi connectivity index (χ1v) is 8.76. The average molecular weight is 312 g/mol. The van der Waals surface area contributed by atoms with Crippen LogP contribution in [0.4, 0.5) is 0 Å². The minimum absolute atomic E-state index is 0.301. The van der Waals surface area contributed by atoms with Gasteiger partial charge in [-0.25, -0.2) is 0 Å². The Hall–Kier alpha value is -0.350. The van der Waals surface area contributed by atoms with Gasteiger partial charge in [-0.05, 0) is 41.8 Å². The molecular formula is C15H18ClNS2. The Labute approximate surface area is 127 Å². The second-order valence-electron chi connectivity index (χ2n) is 5.64. The van der Waals surface area contributed by atoms with Gasteiger partial charge in [0.05, 0.1) is 10.4 Å². The van der Waals surface area contributed by atoms with Gasteiger partial charge in [0.15, 0.2) is 0 Å². The Balaban J connectivity index is 1.77. The van der Waals surface area contributed by atoms with E-state index in [4.69, 9.17) is 11.6 Å². The van der Waals surface area contributed by atoms with E-state index in [2.05, 4.69) is 35.8 Å². The fourth-order valence-electron chi connectivity index (χ4n) is 2.59. The summed E-state index contributed by atoms with van der Waals surface area (Å²) in [5.74, 6) is 0. The van der Waals surface area contributed by atoms with Crippen LogP contribution in [-0.2, 0) is 0 Å². The predicted molar refractivity (Wildman–Crippen MR) is 85.5 cm³/mol. The molecule has 0 bridgehead atoms. The Morgan fingerprint density at radius 2 is 2.16 bits per heavy atom. The normalized spacial score (nSPS) is 19.1. The smallest absolute Gasteiger partial charge is 0.0931 e. The van der Waals surface area contributed by atoms with E-state index >= 15 is 0 Å². The topological polar surface area (TPSA) is 12.0 Å². The molecule has 0 radical (unpaired) electrons. The van der Waals surface area contributed by atoms with Gasteiger partial charge in [0.2, 0.25) is 0 Å². The predicted octanol–water partition coefficient (Wildman–Crippen LogP) is 5.33. The van der Waals surface area contributed by atoms with Gasteiger partial charge in [-0.3, -0.25) is 0 Å². The third-order valence-electron chi connectivity index (χ3n) is 4.00. The Morgan fingerprint density at radius 3 is 2.68 bits per heavy atom. The number of rotatable bonds is 5. The summed E-state index contributed by atoms with van der Waals surface area (Å²) in [7, 11) is 0. The molecule has 2 heterocycles. The van der Waals surface area contributed by atoms with Crippen LogP contribution in [0, 0.1) is 5.41 Å². The van der Waals surface area contributed by atoms with Gasteiger partial charge in [-0.1, -0.05) is 31.0 Å². The molecule has 1 nitrogen and oxygen atoms in total. The van der Waals surface area contributed by atoms with Crippen LogP contribution in [0.3, 0.4) is 0 Å². The first-order chi connectivity index (χ1) is 9.16. The quantitative estimate of drug-likeness (QED) is 0.786. The molecule has 102 valence electrons. The van der Waals surface area contributed by atoms with Gasteiger partial charge in [0.1, 0.15) is 0 Å². The average Bonchev–Trinajstić information content (AvgIpc) is 2.99. The van der Waals surface area contributed by atoms with Crippen molar-refractivity contribution in [3.63, 3.8) is 0 Å². The summed E-state index contributed by atoms with van der Waals surface area (Å²) in [5.41, 5.74) is 0.497. The highest BCUT2D eigenvalue weighted by Gasteiger charge is 2.32. The van der Waals surface area contributed by atoms with Crippen molar-refractivity contribution >= 4 is 34.3 Å². The minimum Gasteiger partial charge on any atom is -0.304 e. The molecule has 1 fully saturated rings. The molecule has 4 heteroatoms. The lowest BCUT2D eigenvalue weighted by Gasteiger charge is -2.39. The summed E-state index contributed by atoms with van der Waals surface area (Å²) in [6, 6.07) is 8.77. The molecule has 1 aliphatic rings. The van der Waals surface area contributed by atoms with E-state index in [1.807, 2.05) is 17.4 Å². The maximum Gasteiger partial charge on any atom is 0.0931 e. The first-order valence-electron chi connectivity index (χ1n) is 6.68. The molecule has 1 atom stereocenters. The maximum atomic E-state index is 6.09. The SMILES string of the molecule is CC1(CNC(c2cccs2)c2ccc(Cl)s2)CCC1. The van der Waals surface area contributed by atoms with Crippen molar-refractivity contribution in [2.75, 3.05) is 6.54 Å². The molecule has 0 spiro atoms. The third-order valence-corrected chi connectivity index (χ3v) is 6.23. The fraction of sp³-hybridized carbons (Fsp3) is 0.467. The molecule has 2 aromatic heterocycles. The number of thiophene rings is 2. The van der Waals surface area contributed by atoms with E-state index in [0.717, 1.165) is 10.9 Å². The van der Waals surface area contributed by atoms with Gasteiger partial charge in [-0.15, -0.1) is 22.7 Å². The monoisotopic (exact) mass is 311 g/mol. The molecule has 1 aliphatic carbocycles. The molecule has 0 amide bonds. The zero-order valence-electron chi connectivity index (χ0n) is 11.0. The molecule has 0 aliphatic heterocycles. The molecule has 1 N–H and O–H groups in total. The van der Waals surface area contributed by atoms with Crippen molar-refractivity contribution in [1.29, 1.82) is 0 Å². The Morgan fingerprint density at radius 1 is 1.32 bits per heavy atom. The van der Waals surface area contributed by atoms with Crippen molar-refractivity contribution in [2.24, 2.45) is 5.41 Å². The summed E-state index contributed by atoms with van der Waals surface area (Å²) in [4.78, 5) is 2.69. The highest BCUT2D eigenvalue weighted by Crippen LogP contribution is 2.41. The van der Waals surface area contributed by atoms with Crippen LogP contribution in [0.25, 0.3) is 0 Å². The highest BCUT2D eigenvalue weighted by molar-refractivity contribution is 7.16.